The first-order valence-corrected chi connectivity index (χ1v) is 11.9. The number of hydrogen-bond donors (Lipinski definition) is 3. The molecule has 0 fully saturated rings. The van der Waals surface area contributed by atoms with E-state index in [1.807, 2.05) is 0 Å². The Morgan fingerprint density at radius 3 is 1.77 bits per heavy atom. The van der Waals surface area contributed by atoms with Gasteiger partial charge in [-0.25, -0.2) is 4.79 Å². The first kappa shape index (κ1) is 27.9. The van der Waals surface area contributed by atoms with Gasteiger partial charge in [-0.3, -0.25) is 19.8 Å². The van der Waals surface area contributed by atoms with Gasteiger partial charge in [-0.1, -0.05) is 12.1 Å². The molecule has 0 aliphatic carbocycles. The molecule has 0 saturated carbocycles. The average molecular weight is 483 g/mol. The van der Waals surface area contributed by atoms with Crippen LogP contribution in [-0.4, -0.2) is 53.6 Å². The van der Waals surface area contributed by atoms with E-state index in [4.69, 9.17) is 4.74 Å². The molecule has 0 spiro atoms. The Balaban J connectivity index is 1.98. The highest BCUT2D eigenvalue weighted by molar-refractivity contribution is 6.07. The third kappa shape index (κ3) is 9.05. The van der Waals surface area contributed by atoms with Crippen molar-refractivity contribution >= 4 is 29.3 Å². The van der Waals surface area contributed by atoms with Crippen LogP contribution in [0, 0.1) is 0 Å². The van der Waals surface area contributed by atoms with E-state index in [0.29, 0.717) is 41.1 Å². The van der Waals surface area contributed by atoms with Crippen LogP contribution < -0.4 is 16.0 Å². The Kier molecular flexibility index (Phi) is 9.83. The summed E-state index contributed by atoms with van der Waals surface area (Å²) < 4.78 is 5.28. The molecule has 0 saturated heterocycles. The zero-order valence-corrected chi connectivity index (χ0v) is 21.8. The number of amides is 3. The molecular weight excluding hydrogens is 444 g/mol. The second kappa shape index (κ2) is 12.4. The van der Waals surface area contributed by atoms with Crippen LogP contribution in [0.25, 0.3) is 0 Å². The summed E-state index contributed by atoms with van der Waals surface area (Å²) in [6, 6.07) is 14.1. The summed E-state index contributed by atoms with van der Waals surface area (Å²) in [6.45, 7) is 15.2. The van der Waals surface area contributed by atoms with Crippen molar-refractivity contribution in [1.82, 2.24) is 10.2 Å². The fourth-order valence-electron chi connectivity index (χ4n) is 3.60. The minimum atomic E-state index is -0.640. The molecular formula is C27H38N4O4. The quantitative estimate of drug-likeness (QED) is 0.460. The predicted octanol–water partition coefficient (Wildman–Crippen LogP) is 5.13. The van der Waals surface area contributed by atoms with Gasteiger partial charge < -0.3 is 15.4 Å². The summed E-state index contributed by atoms with van der Waals surface area (Å²) in [5.41, 5.74) is 1.08. The highest BCUT2D eigenvalue weighted by Gasteiger charge is 2.18. The van der Waals surface area contributed by atoms with E-state index in [2.05, 4.69) is 48.5 Å². The monoisotopic (exact) mass is 482 g/mol. The molecule has 0 aliphatic heterocycles. The maximum absolute atomic E-state index is 12.8. The molecule has 35 heavy (non-hydrogen) atoms. The van der Waals surface area contributed by atoms with Gasteiger partial charge in [0.05, 0.1) is 11.4 Å². The van der Waals surface area contributed by atoms with E-state index < -0.39 is 11.7 Å². The number of anilines is 2. The van der Waals surface area contributed by atoms with Crippen molar-refractivity contribution in [3.8, 4) is 0 Å². The zero-order valence-electron chi connectivity index (χ0n) is 21.8. The van der Waals surface area contributed by atoms with E-state index >= 15 is 0 Å². The molecule has 0 aliphatic rings. The van der Waals surface area contributed by atoms with Crippen molar-refractivity contribution in [2.24, 2.45) is 0 Å². The summed E-state index contributed by atoms with van der Waals surface area (Å²) in [7, 11) is 0. The van der Waals surface area contributed by atoms with Crippen molar-refractivity contribution in [2.45, 2.75) is 66.2 Å². The molecule has 0 bridgehead atoms. The van der Waals surface area contributed by atoms with Gasteiger partial charge >= 0.3 is 6.09 Å². The standard InChI is InChI=1S/C27H38N4O4/c1-18(2)31(19(3)4)17-16-28-24(32)20-12-14-21(15-13-20)25(33)29-22-10-8-9-11-23(22)30-26(34)35-27(5,6)7/h8-15,18-19H,16-17H2,1-7H3,(H,28,32)(H,29,33)(H,30,34). The summed E-state index contributed by atoms with van der Waals surface area (Å²) in [5.74, 6) is -0.545. The van der Waals surface area contributed by atoms with E-state index in [9.17, 15) is 14.4 Å². The Morgan fingerprint density at radius 2 is 1.29 bits per heavy atom. The number of ether oxygens (including phenoxy) is 1. The number of carbonyl (C=O) groups is 3. The van der Waals surface area contributed by atoms with Crippen LogP contribution in [-0.2, 0) is 4.74 Å². The second-order valence-electron chi connectivity index (χ2n) is 9.89. The molecule has 2 aromatic rings. The van der Waals surface area contributed by atoms with Crippen molar-refractivity contribution in [1.29, 1.82) is 0 Å². The molecule has 8 nitrogen and oxygen atoms in total. The first-order chi connectivity index (χ1) is 16.4. The van der Waals surface area contributed by atoms with Gasteiger partial charge in [0.2, 0.25) is 0 Å². The van der Waals surface area contributed by atoms with Crippen molar-refractivity contribution in [3.63, 3.8) is 0 Å². The van der Waals surface area contributed by atoms with Gasteiger partial charge in [-0.05, 0) is 84.9 Å². The first-order valence-electron chi connectivity index (χ1n) is 11.9. The van der Waals surface area contributed by atoms with Crippen LogP contribution in [0.5, 0.6) is 0 Å². The van der Waals surface area contributed by atoms with Gasteiger partial charge in [-0.2, -0.15) is 0 Å². The lowest BCUT2D eigenvalue weighted by Crippen LogP contribution is -2.42. The van der Waals surface area contributed by atoms with Crippen LogP contribution in [0.4, 0.5) is 16.2 Å². The summed E-state index contributed by atoms with van der Waals surface area (Å²) in [6.07, 6.45) is -0.612. The lowest BCUT2D eigenvalue weighted by atomic mass is 10.1. The molecule has 0 unspecified atom stereocenters. The summed E-state index contributed by atoms with van der Waals surface area (Å²) >= 11 is 0. The van der Waals surface area contributed by atoms with E-state index in [1.165, 1.54) is 0 Å². The third-order valence-electron chi connectivity index (χ3n) is 5.20. The normalized spacial score (nSPS) is 11.5. The molecule has 3 amide bonds. The van der Waals surface area contributed by atoms with Crippen LogP contribution in [0.1, 0.15) is 69.2 Å². The maximum Gasteiger partial charge on any atom is 0.412 e. The maximum atomic E-state index is 12.8. The Morgan fingerprint density at radius 1 is 0.800 bits per heavy atom. The van der Waals surface area contributed by atoms with E-state index in [-0.39, 0.29) is 11.8 Å². The molecule has 0 heterocycles. The lowest BCUT2D eigenvalue weighted by Gasteiger charge is -2.30. The average Bonchev–Trinajstić information content (AvgIpc) is 2.76. The topological polar surface area (TPSA) is 99.8 Å². The van der Waals surface area contributed by atoms with Gasteiger partial charge in [0, 0.05) is 36.3 Å². The van der Waals surface area contributed by atoms with E-state index in [1.54, 1.807) is 69.3 Å². The number of rotatable bonds is 9. The van der Waals surface area contributed by atoms with Crippen molar-refractivity contribution < 1.29 is 19.1 Å². The fraction of sp³-hybridized carbons (Fsp3) is 0.444. The fourth-order valence-corrected chi connectivity index (χ4v) is 3.60. The van der Waals surface area contributed by atoms with E-state index in [0.717, 1.165) is 6.54 Å². The Bertz CT molecular complexity index is 1000. The second-order valence-corrected chi connectivity index (χ2v) is 9.89. The summed E-state index contributed by atoms with van der Waals surface area (Å²) in [4.78, 5) is 39.7. The third-order valence-corrected chi connectivity index (χ3v) is 5.20. The van der Waals surface area contributed by atoms with Crippen LogP contribution in [0.2, 0.25) is 0 Å². The number of para-hydroxylation sites is 2. The summed E-state index contributed by atoms with van der Waals surface area (Å²) in [5, 5.41) is 8.39. The number of hydrogen-bond acceptors (Lipinski definition) is 5. The zero-order chi connectivity index (χ0) is 26.2. The minimum Gasteiger partial charge on any atom is -0.444 e. The van der Waals surface area contributed by atoms with Crippen molar-refractivity contribution in [2.75, 3.05) is 23.7 Å². The molecule has 2 aromatic carbocycles. The number of carbonyl (C=O) groups excluding carboxylic acids is 3. The number of nitrogens with one attached hydrogen (secondary N) is 3. The van der Waals surface area contributed by atoms with Gasteiger partial charge in [0.25, 0.3) is 11.8 Å². The molecule has 190 valence electrons. The van der Waals surface area contributed by atoms with Crippen molar-refractivity contribution in [3.05, 3.63) is 59.7 Å². The number of nitrogens with zero attached hydrogens (tertiary/aromatic N) is 1. The largest absolute Gasteiger partial charge is 0.444 e. The van der Waals surface area contributed by atoms with Gasteiger partial charge in [-0.15, -0.1) is 0 Å². The van der Waals surface area contributed by atoms with Gasteiger partial charge in [0.15, 0.2) is 0 Å². The van der Waals surface area contributed by atoms with Gasteiger partial charge in [0.1, 0.15) is 5.60 Å². The smallest absolute Gasteiger partial charge is 0.412 e. The highest BCUT2D eigenvalue weighted by Crippen LogP contribution is 2.23. The predicted molar refractivity (Wildman–Crippen MR) is 140 cm³/mol. The Hall–Kier alpha value is -3.39. The lowest BCUT2D eigenvalue weighted by molar-refractivity contribution is 0.0635. The highest BCUT2D eigenvalue weighted by atomic mass is 16.6. The van der Waals surface area contributed by atoms with Crippen LogP contribution in [0.15, 0.2) is 48.5 Å². The molecule has 3 N–H and O–H groups in total. The SMILES string of the molecule is CC(C)N(CCNC(=O)c1ccc(C(=O)Nc2ccccc2NC(=O)OC(C)(C)C)cc1)C(C)C. The number of benzene rings is 2. The van der Waals surface area contributed by atoms with Crippen LogP contribution >= 0.6 is 0 Å². The molecule has 2 rings (SSSR count). The minimum absolute atomic E-state index is 0.184. The van der Waals surface area contributed by atoms with Crippen LogP contribution in [0.3, 0.4) is 0 Å². The molecule has 0 atom stereocenters. The Labute approximate surface area is 208 Å². The molecule has 0 radical (unpaired) electrons. The molecule has 8 heteroatoms. The molecule has 0 aromatic heterocycles.